The number of morpholine rings is 1. The van der Waals surface area contributed by atoms with E-state index < -0.39 is 0 Å². The zero-order chi connectivity index (χ0) is 15.8. The molecule has 0 saturated carbocycles. The van der Waals surface area contributed by atoms with Gasteiger partial charge >= 0.3 is 6.03 Å². The molecule has 0 aromatic carbocycles. The van der Waals surface area contributed by atoms with Crippen molar-refractivity contribution in [3.8, 4) is 0 Å². The summed E-state index contributed by atoms with van der Waals surface area (Å²) in [5.74, 6) is 0. The monoisotopic (exact) mass is 336 g/mol. The Balaban J connectivity index is 1.38. The quantitative estimate of drug-likeness (QED) is 0.766. The molecule has 9 heteroatoms. The lowest BCUT2D eigenvalue weighted by atomic mass is 10.3. The highest BCUT2D eigenvalue weighted by Crippen LogP contribution is 2.24. The number of ether oxygens (including phenoxy) is 1. The van der Waals surface area contributed by atoms with E-state index in [0.717, 1.165) is 42.0 Å². The van der Waals surface area contributed by atoms with Crippen LogP contribution in [0.3, 0.4) is 0 Å². The van der Waals surface area contributed by atoms with Gasteiger partial charge in [0.05, 0.1) is 25.1 Å². The van der Waals surface area contributed by atoms with Crippen molar-refractivity contribution in [3.63, 3.8) is 0 Å². The van der Waals surface area contributed by atoms with Gasteiger partial charge in [-0.15, -0.1) is 5.10 Å². The summed E-state index contributed by atoms with van der Waals surface area (Å²) in [5, 5.41) is 5.56. The number of piperazine rings is 1. The van der Waals surface area contributed by atoms with Crippen LogP contribution in [0.1, 0.15) is 5.69 Å². The number of hydrogen-bond donors (Lipinski definition) is 0. The fraction of sp³-hybridized carbons (Fsp3) is 0.643. The summed E-state index contributed by atoms with van der Waals surface area (Å²) < 4.78 is 7.14. The topological polar surface area (TPSA) is 66.2 Å². The van der Waals surface area contributed by atoms with Crippen LogP contribution in [-0.2, 0) is 4.74 Å². The molecule has 0 unspecified atom stereocenters. The minimum absolute atomic E-state index is 0.137. The molecule has 0 atom stereocenters. The molecule has 2 saturated heterocycles. The van der Waals surface area contributed by atoms with Crippen LogP contribution in [0.2, 0.25) is 0 Å². The Hall–Kier alpha value is -1.87. The van der Waals surface area contributed by atoms with Crippen molar-refractivity contribution in [3.05, 3.63) is 11.9 Å². The summed E-state index contributed by atoms with van der Waals surface area (Å²) in [6.07, 6.45) is 1.94. The number of anilines is 1. The second-order valence-electron chi connectivity index (χ2n) is 5.85. The first-order chi connectivity index (χ1) is 11.2. The van der Waals surface area contributed by atoms with Crippen molar-refractivity contribution in [1.29, 1.82) is 0 Å². The fourth-order valence-electron chi connectivity index (χ4n) is 2.97. The molecule has 4 rings (SSSR count). The van der Waals surface area contributed by atoms with Crippen LogP contribution in [0, 0.1) is 6.92 Å². The first kappa shape index (κ1) is 14.7. The van der Waals surface area contributed by atoms with Crippen molar-refractivity contribution in [1.82, 2.24) is 24.4 Å². The lowest BCUT2D eigenvalue weighted by Crippen LogP contribution is -2.54. The van der Waals surface area contributed by atoms with Gasteiger partial charge in [-0.25, -0.2) is 14.3 Å². The van der Waals surface area contributed by atoms with Gasteiger partial charge in [-0.2, -0.15) is 0 Å². The van der Waals surface area contributed by atoms with E-state index in [2.05, 4.69) is 15.0 Å². The third kappa shape index (κ3) is 2.86. The third-order valence-electron chi connectivity index (χ3n) is 4.26. The highest BCUT2D eigenvalue weighted by Gasteiger charge is 2.27. The lowest BCUT2D eigenvalue weighted by molar-refractivity contribution is 0.0428. The molecule has 0 bridgehead atoms. The number of amides is 2. The first-order valence-electron chi connectivity index (χ1n) is 7.90. The number of rotatable bonds is 1. The van der Waals surface area contributed by atoms with Gasteiger partial charge in [-0.3, -0.25) is 0 Å². The molecule has 2 aliphatic heterocycles. The van der Waals surface area contributed by atoms with Crippen LogP contribution in [0.25, 0.3) is 4.96 Å². The van der Waals surface area contributed by atoms with E-state index in [4.69, 9.17) is 4.74 Å². The molecule has 0 radical (unpaired) electrons. The Labute approximate surface area is 138 Å². The smallest absolute Gasteiger partial charge is 0.320 e. The summed E-state index contributed by atoms with van der Waals surface area (Å²) >= 11 is 1.60. The Kier molecular flexibility index (Phi) is 3.82. The maximum atomic E-state index is 12.5. The van der Waals surface area contributed by atoms with Gasteiger partial charge in [-0.05, 0) is 6.92 Å². The standard InChI is InChI=1S/C14H20N6O2S/c1-11-10-20-12(15-11)23-13(16-20)17-2-4-18(5-3-17)14(21)19-6-8-22-9-7-19/h10H,2-9H2,1H3. The van der Waals surface area contributed by atoms with Gasteiger partial charge in [0.15, 0.2) is 0 Å². The van der Waals surface area contributed by atoms with E-state index in [0.29, 0.717) is 26.3 Å². The SMILES string of the molecule is Cc1cn2nc(N3CCN(C(=O)N4CCOCC4)CC3)sc2n1. The van der Waals surface area contributed by atoms with Crippen LogP contribution in [0.4, 0.5) is 9.93 Å². The zero-order valence-corrected chi connectivity index (χ0v) is 14.0. The van der Waals surface area contributed by atoms with E-state index in [-0.39, 0.29) is 6.03 Å². The Morgan fingerprint density at radius 2 is 1.83 bits per heavy atom. The van der Waals surface area contributed by atoms with E-state index >= 15 is 0 Å². The lowest BCUT2D eigenvalue weighted by Gasteiger charge is -2.38. The Morgan fingerprint density at radius 1 is 1.13 bits per heavy atom. The van der Waals surface area contributed by atoms with E-state index in [1.54, 1.807) is 11.3 Å². The predicted molar refractivity (Wildman–Crippen MR) is 87.2 cm³/mol. The summed E-state index contributed by atoms with van der Waals surface area (Å²) in [6, 6.07) is 0.137. The van der Waals surface area contributed by atoms with Gasteiger partial charge in [0.25, 0.3) is 0 Å². The number of nitrogens with zero attached hydrogens (tertiary/aromatic N) is 6. The molecule has 2 amide bonds. The fourth-order valence-corrected chi connectivity index (χ4v) is 3.95. The van der Waals surface area contributed by atoms with Crippen molar-refractivity contribution in [2.24, 2.45) is 0 Å². The number of hydrogen-bond acceptors (Lipinski definition) is 6. The molecule has 8 nitrogen and oxygen atoms in total. The van der Waals surface area contributed by atoms with Gasteiger partial charge in [0.2, 0.25) is 10.1 Å². The Morgan fingerprint density at radius 3 is 2.52 bits per heavy atom. The summed E-state index contributed by atoms with van der Waals surface area (Å²) in [6.45, 7) is 7.74. The second kappa shape index (κ2) is 5.97. The molecule has 4 heterocycles. The molecule has 2 aromatic rings. The molecule has 0 N–H and O–H groups in total. The molecule has 23 heavy (non-hydrogen) atoms. The summed E-state index contributed by atoms with van der Waals surface area (Å²) in [5.41, 5.74) is 0.983. The highest BCUT2D eigenvalue weighted by molar-refractivity contribution is 7.20. The predicted octanol–water partition coefficient (Wildman–Crippen LogP) is 0.673. The Bertz CT molecular complexity index is 668. The molecular formula is C14H20N6O2S. The van der Waals surface area contributed by atoms with Crippen LogP contribution < -0.4 is 4.90 Å². The molecule has 2 aromatic heterocycles. The number of carbonyl (C=O) groups is 1. The number of imidazole rings is 1. The molecule has 0 spiro atoms. The minimum Gasteiger partial charge on any atom is -0.378 e. The van der Waals surface area contributed by atoms with E-state index in [1.807, 2.05) is 27.4 Å². The van der Waals surface area contributed by atoms with Crippen LogP contribution in [0.5, 0.6) is 0 Å². The average Bonchev–Trinajstić information content (AvgIpc) is 3.12. The number of fused-ring (bicyclic) bond motifs is 1. The van der Waals surface area contributed by atoms with E-state index in [9.17, 15) is 4.79 Å². The number of carbonyl (C=O) groups excluding carboxylic acids is 1. The number of aromatic nitrogens is 3. The summed E-state index contributed by atoms with van der Waals surface area (Å²) in [4.78, 5) is 23.9. The zero-order valence-electron chi connectivity index (χ0n) is 13.1. The second-order valence-corrected chi connectivity index (χ2v) is 6.78. The first-order valence-corrected chi connectivity index (χ1v) is 8.72. The van der Waals surface area contributed by atoms with Crippen molar-refractivity contribution >= 4 is 27.5 Å². The van der Waals surface area contributed by atoms with Crippen molar-refractivity contribution in [2.45, 2.75) is 6.92 Å². The highest BCUT2D eigenvalue weighted by atomic mass is 32.1. The van der Waals surface area contributed by atoms with Crippen LogP contribution in [-0.4, -0.2) is 82.9 Å². The largest absolute Gasteiger partial charge is 0.378 e. The minimum atomic E-state index is 0.137. The molecular weight excluding hydrogens is 316 g/mol. The van der Waals surface area contributed by atoms with Gasteiger partial charge in [0, 0.05) is 39.3 Å². The molecule has 124 valence electrons. The average molecular weight is 336 g/mol. The van der Waals surface area contributed by atoms with Gasteiger partial charge in [0.1, 0.15) is 0 Å². The number of aryl methyl sites for hydroxylation is 1. The maximum absolute atomic E-state index is 12.5. The molecule has 2 fully saturated rings. The number of urea groups is 1. The van der Waals surface area contributed by atoms with Crippen LogP contribution >= 0.6 is 11.3 Å². The van der Waals surface area contributed by atoms with Crippen LogP contribution in [0.15, 0.2) is 6.20 Å². The van der Waals surface area contributed by atoms with Crippen molar-refractivity contribution in [2.75, 3.05) is 57.4 Å². The maximum Gasteiger partial charge on any atom is 0.320 e. The van der Waals surface area contributed by atoms with Gasteiger partial charge in [-0.1, -0.05) is 11.3 Å². The third-order valence-corrected chi connectivity index (χ3v) is 5.24. The molecule has 0 aliphatic carbocycles. The summed E-state index contributed by atoms with van der Waals surface area (Å²) in [7, 11) is 0. The van der Waals surface area contributed by atoms with E-state index in [1.165, 1.54) is 0 Å². The normalized spacial score (nSPS) is 19.6. The van der Waals surface area contributed by atoms with Gasteiger partial charge < -0.3 is 19.4 Å². The molecule has 2 aliphatic rings. The van der Waals surface area contributed by atoms with Crippen molar-refractivity contribution < 1.29 is 9.53 Å².